The molecule has 0 aliphatic rings. The van der Waals surface area contributed by atoms with Crippen LogP contribution in [0.5, 0.6) is 5.75 Å². The Morgan fingerprint density at radius 2 is 2.00 bits per heavy atom. The average Bonchev–Trinajstić information content (AvgIpc) is 2.95. The van der Waals surface area contributed by atoms with Gasteiger partial charge in [-0.25, -0.2) is 4.79 Å². The van der Waals surface area contributed by atoms with Crippen LogP contribution in [-0.2, 0) is 13.7 Å². The van der Waals surface area contributed by atoms with Crippen molar-refractivity contribution in [3.63, 3.8) is 0 Å². The summed E-state index contributed by atoms with van der Waals surface area (Å²) >= 11 is 4.42. The van der Waals surface area contributed by atoms with Gasteiger partial charge in [-0.1, -0.05) is 12.0 Å². The number of tetrazole rings is 1. The number of benzene rings is 2. The zero-order valence-corrected chi connectivity index (χ0v) is 15.6. The fourth-order valence-corrected chi connectivity index (χ4v) is 2.86. The lowest BCUT2D eigenvalue weighted by Crippen LogP contribution is -2.23. The van der Waals surface area contributed by atoms with E-state index in [-0.39, 0.29) is 12.3 Å². The van der Waals surface area contributed by atoms with Gasteiger partial charge in [-0.05, 0) is 59.7 Å². The van der Waals surface area contributed by atoms with E-state index in [9.17, 15) is 4.79 Å². The van der Waals surface area contributed by atoms with Gasteiger partial charge >= 0.3 is 5.69 Å². The van der Waals surface area contributed by atoms with Gasteiger partial charge in [0.2, 0.25) is 0 Å². The smallest absolute Gasteiger partial charge is 0.368 e. The topological polar surface area (TPSA) is 61.9 Å². The predicted molar refractivity (Wildman–Crippen MR) is 102 cm³/mol. The molecule has 26 heavy (non-hydrogen) atoms. The van der Waals surface area contributed by atoms with Crippen LogP contribution in [-0.4, -0.2) is 19.8 Å². The summed E-state index contributed by atoms with van der Waals surface area (Å²) in [5, 5.41) is 7.66. The van der Waals surface area contributed by atoms with E-state index >= 15 is 0 Å². The summed E-state index contributed by atoms with van der Waals surface area (Å²) in [6, 6.07) is 9.24. The summed E-state index contributed by atoms with van der Waals surface area (Å²) in [6.07, 6.45) is 5.64. The van der Waals surface area contributed by atoms with Gasteiger partial charge in [0, 0.05) is 23.1 Å². The second-order valence-corrected chi connectivity index (χ2v) is 6.42. The van der Waals surface area contributed by atoms with Crippen LogP contribution in [0, 0.1) is 26.2 Å². The maximum absolute atomic E-state index is 12.2. The van der Waals surface area contributed by atoms with Crippen molar-refractivity contribution in [1.29, 1.82) is 0 Å². The highest BCUT2D eigenvalue weighted by molar-refractivity contribution is 7.80. The van der Waals surface area contributed by atoms with Gasteiger partial charge in [-0.15, -0.1) is 19.1 Å². The van der Waals surface area contributed by atoms with Crippen molar-refractivity contribution >= 4 is 12.6 Å². The Morgan fingerprint density at radius 1 is 1.23 bits per heavy atom. The van der Waals surface area contributed by atoms with E-state index in [1.54, 1.807) is 18.2 Å². The van der Waals surface area contributed by atoms with Gasteiger partial charge in [0.25, 0.3) is 0 Å². The number of thiol groups is 1. The lowest BCUT2D eigenvalue weighted by atomic mass is 10.1. The molecule has 0 saturated heterocycles. The summed E-state index contributed by atoms with van der Waals surface area (Å²) in [5.74, 6) is 3.38. The first kappa shape index (κ1) is 17.8. The quantitative estimate of drug-likeness (QED) is 0.569. The van der Waals surface area contributed by atoms with Crippen LogP contribution in [0.25, 0.3) is 5.69 Å². The van der Waals surface area contributed by atoms with Crippen LogP contribution >= 0.6 is 12.6 Å². The molecular weight excluding hydrogens is 348 g/mol. The van der Waals surface area contributed by atoms with E-state index in [1.807, 2.05) is 26.0 Å². The standard InChI is InChI=1S/C19H18N4O2S/c1-5-14-7-6-8-16(23-19(24)22(4)20-21-23)15(14)11-25-17-9-13(3)18(26)10-12(17)2/h1,6-10,26H,11H2,2-4H3. The molecule has 0 amide bonds. The average molecular weight is 366 g/mol. The van der Waals surface area contributed by atoms with E-state index in [4.69, 9.17) is 11.2 Å². The minimum absolute atomic E-state index is 0.199. The largest absolute Gasteiger partial charge is 0.488 e. The monoisotopic (exact) mass is 366 g/mol. The molecule has 1 aromatic heterocycles. The van der Waals surface area contributed by atoms with Crippen LogP contribution in [0.1, 0.15) is 22.3 Å². The van der Waals surface area contributed by atoms with E-state index in [0.29, 0.717) is 16.8 Å². The summed E-state index contributed by atoms with van der Waals surface area (Å²) < 4.78 is 8.39. The van der Waals surface area contributed by atoms with Crippen LogP contribution in [0.2, 0.25) is 0 Å². The van der Waals surface area contributed by atoms with Gasteiger partial charge in [-0.2, -0.15) is 9.36 Å². The third-order valence-corrected chi connectivity index (χ3v) is 4.60. The molecule has 0 fully saturated rings. The maximum Gasteiger partial charge on any atom is 0.368 e. The number of ether oxygens (including phenoxy) is 1. The second kappa shape index (κ2) is 7.10. The highest BCUT2D eigenvalue weighted by Crippen LogP contribution is 2.27. The normalized spacial score (nSPS) is 10.6. The highest BCUT2D eigenvalue weighted by atomic mass is 32.1. The Labute approximate surface area is 156 Å². The lowest BCUT2D eigenvalue weighted by Gasteiger charge is -2.15. The fraction of sp³-hybridized carbons (Fsp3) is 0.211. The Hall–Kier alpha value is -2.98. The molecule has 0 unspecified atom stereocenters. The molecule has 0 spiro atoms. The minimum Gasteiger partial charge on any atom is -0.488 e. The lowest BCUT2D eigenvalue weighted by molar-refractivity contribution is 0.302. The number of hydrogen-bond acceptors (Lipinski definition) is 5. The first-order valence-corrected chi connectivity index (χ1v) is 8.38. The number of rotatable bonds is 4. The van der Waals surface area contributed by atoms with Crippen molar-refractivity contribution in [3.05, 3.63) is 63.1 Å². The van der Waals surface area contributed by atoms with Crippen molar-refractivity contribution in [2.45, 2.75) is 25.3 Å². The molecule has 0 atom stereocenters. The predicted octanol–water partition coefficient (Wildman–Crippen LogP) is 2.43. The minimum atomic E-state index is -0.355. The molecule has 0 radical (unpaired) electrons. The SMILES string of the molecule is C#Cc1cccc(-n2nnn(C)c2=O)c1COc1cc(C)c(S)cc1C. The molecule has 0 bridgehead atoms. The number of terminal acetylenes is 1. The summed E-state index contributed by atoms with van der Waals surface area (Å²) in [4.78, 5) is 13.1. The van der Waals surface area contributed by atoms with Crippen LogP contribution in [0.15, 0.2) is 40.0 Å². The van der Waals surface area contributed by atoms with Crippen molar-refractivity contribution in [2.24, 2.45) is 7.05 Å². The van der Waals surface area contributed by atoms with Crippen LogP contribution < -0.4 is 10.4 Å². The van der Waals surface area contributed by atoms with Crippen LogP contribution in [0.4, 0.5) is 0 Å². The Bertz CT molecular complexity index is 1080. The molecule has 0 aliphatic carbocycles. The van der Waals surface area contributed by atoms with E-state index in [1.165, 1.54) is 11.7 Å². The number of aromatic nitrogens is 4. The van der Waals surface area contributed by atoms with Gasteiger partial charge in [0.05, 0.1) is 5.69 Å². The summed E-state index contributed by atoms with van der Waals surface area (Å²) in [6.45, 7) is 4.12. The Balaban J connectivity index is 2.03. The Morgan fingerprint density at radius 3 is 2.65 bits per heavy atom. The molecule has 0 N–H and O–H groups in total. The molecule has 2 aromatic carbocycles. The molecule has 0 saturated carbocycles. The fourth-order valence-electron chi connectivity index (χ4n) is 2.60. The summed E-state index contributed by atoms with van der Waals surface area (Å²) in [7, 11) is 1.54. The molecule has 6 nitrogen and oxygen atoms in total. The van der Waals surface area contributed by atoms with E-state index in [0.717, 1.165) is 26.5 Å². The van der Waals surface area contributed by atoms with Crippen LogP contribution in [0.3, 0.4) is 0 Å². The van der Waals surface area contributed by atoms with Gasteiger partial charge in [-0.3, -0.25) is 0 Å². The number of aryl methyl sites for hydroxylation is 3. The molecule has 7 heteroatoms. The third kappa shape index (κ3) is 3.24. The first-order chi connectivity index (χ1) is 12.4. The molecule has 0 aliphatic heterocycles. The third-order valence-electron chi connectivity index (χ3n) is 4.12. The van der Waals surface area contributed by atoms with E-state index in [2.05, 4.69) is 29.0 Å². The van der Waals surface area contributed by atoms with Crippen molar-refractivity contribution < 1.29 is 4.74 Å². The zero-order chi connectivity index (χ0) is 18.8. The molecule has 3 aromatic rings. The Kier molecular flexibility index (Phi) is 4.87. The van der Waals surface area contributed by atoms with Crippen molar-refractivity contribution in [2.75, 3.05) is 0 Å². The molecule has 3 rings (SSSR count). The van der Waals surface area contributed by atoms with Crippen molar-refractivity contribution in [3.8, 4) is 23.8 Å². The highest BCUT2D eigenvalue weighted by Gasteiger charge is 2.15. The number of hydrogen-bond donors (Lipinski definition) is 1. The second-order valence-electron chi connectivity index (χ2n) is 5.94. The molecule has 1 heterocycles. The molecular formula is C19H18N4O2S. The zero-order valence-electron chi connectivity index (χ0n) is 14.7. The molecule has 132 valence electrons. The van der Waals surface area contributed by atoms with Gasteiger partial charge < -0.3 is 4.74 Å². The number of nitrogens with zero attached hydrogens (tertiary/aromatic N) is 4. The van der Waals surface area contributed by atoms with Crippen molar-refractivity contribution in [1.82, 2.24) is 19.8 Å². The summed E-state index contributed by atoms with van der Waals surface area (Å²) in [5.41, 5.74) is 3.53. The van der Waals surface area contributed by atoms with Gasteiger partial charge in [0.15, 0.2) is 0 Å². The first-order valence-electron chi connectivity index (χ1n) is 7.93. The van der Waals surface area contributed by atoms with E-state index < -0.39 is 0 Å². The maximum atomic E-state index is 12.2. The van der Waals surface area contributed by atoms with Gasteiger partial charge in [0.1, 0.15) is 12.4 Å².